The number of urea groups is 2. The van der Waals surface area contributed by atoms with Crippen molar-refractivity contribution in [1.29, 1.82) is 0 Å². The third-order valence-corrected chi connectivity index (χ3v) is 6.18. The zero-order valence-electron chi connectivity index (χ0n) is 22.7. The van der Waals surface area contributed by atoms with E-state index in [0.29, 0.717) is 29.9 Å². The van der Waals surface area contributed by atoms with Crippen molar-refractivity contribution in [2.24, 2.45) is 0 Å². The number of rotatable bonds is 2. The van der Waals surface area contributed by atoms with Crippen LogP contribution in [0.5, 0.6) is 6.01 Å². The molecule has 1 aromatic heterocycles. The molecule has 0 unspecified atom stereocenters. The largest absolute Gasteiger partial charge is 0.454 e. The van der Waals surface area contributed by atoms with E-state index in [0.717, 1.165) is 16.7 Å². The Morgan fingerprint density at radius 1 is 0.674 bits per heavy atom. The molecule has 0 saturated carbocycles. The third-order valence-electron chi connectivity index (χ3n) is 6.18. The Labute approximate surface area is 244 Å². The van der Waals surface area contributed by atoms with Crippen LogP contribution in [0.25, 0.3) is 0 Å². The number of aryl methyl sites for hydroxylation is 2. The van der Waals surface area contributed by atoms with Crippen LogP contribution in [0.4, 0.5) is 45.8 Å². The summed E-state index contributed by atoms with van der Waals surface area (Å²) in [5, 5.41) is 14.0. The molecule has 0 atom stereocenters. The molecule has 0 saturated heterocycles. The van der Waals surface area contributed by atoms with Crippen molar-refractivity contribution in [3.8, 4) is 6.01 Å². The number of carbonyl (C=O) groups is 2. The molecule has 4 aromatic rings. The summed E-state index contributed by atoms with van der Waals surface area (Å²) in [6.45, 7) is -1.05. The minimum absolute atomic E-state index is 0.0277. The highest BCUT2D eigenvalue weighted by molar-refractivity contribution is 5.92. The number of hydrogen-bond donors (Lipinski definition) is 5. The Hall–Kier alpha value is -5.40. The van der Waals surface area contributed by atoms with Crippen molar-refractivity contribution in [1.82, 2.24) is 25.6 Å². The molecule has 0 radical (unpaired) electrons. The number of fused-ring (bicyclic) bond motifs is 2. The molecule has 5 N–H and O–H groups in total. The van der Waals surface area contributed by atoms with Crippen molar-refractivity contribution in [2.45, 2.75) is 32.1 Å². The van der Waals surface area contributed by atoms with Gasteiger partial charge in [-0.15, -0.1) is 0 Å². The van der Waals surface area contributed by atoms with Gasteiger partial charge < -0.3 is 31.3 Å². The summed E-state index contributed by atoms with van der Waals surface area (Å²) in [7, 11) is 0. The number of amides is 4. The number of ether oxygens (including phenoxy) is 1. The Bertz CT molecular complexity index is 1580. The molecule has 43 heavy (non-hydrogen) atoms. The van der Waals surface area contributed by atoms with Gasteiger partial charge in [0.15, 0.2) is 6.61 Å². The maximum Gasteiger partial charge on any atom is 0.422 e. The fourth-order valence-corrected chi connectivity index (χ4v) is 4.08. The number of anilines is 4. The molecule has 0 spiro atoms. The molecule has 0 fully saturated rings. The molecule has 3 aliphatic rings. The van der Waals surface area contributed by atoms with Crippen LogP contribution in [0.1, 0.15) is 22.5 Å². The second-order valence-corrected chi connectivity index (χ2v) is 9.60. The van der Waals surface area contributed by atoms with Gasteiger partial charge in [-0.25, -0.2) is 9.59 Å². The summed E-state index contributed by atoms with van der Waals surface area (Å²) >= 11 is 0. The standard InChI is InChI=1S/C29H27F3N8O3/c30-29(31,32)17-43-28-39-24-13-10-18-4-6-19(7-5-18)15-33-26(41)36-22-2-1-3-23(14-22)37-27(42)34-16-20-8-11-21(12-9-20)35-25(38-24)40-28/h1-9,11-12,14H,10,13,15-17H2,(H2,33,36,41)(H2,34,37,42)(H,35,38,39,40). The summed E-state index contributed by atoms with van der Waals surface area (Å²) < 4.78 is 43.2. The van der Waals surface area contributed by atoms with Crippen molar-refractivity contribution in [2.75, 3.05) is 22.6 Å². The summed E-state index contributed by atoms with van der Waals surface area (Å²) in [5.41, 5.74) is 4.15. The first kappa shape index (κ1) is 29.1. The molecule has 11 nitrogen and oxygen atoms in total. The number of nitrogens with one attached hydrogen (secondary N) is 5. The van der Waals surface area contributed by atoms with E-state index in [1.54, 1.807) is 48.5 Å². The monoisotopic (exact) mass is 592 g/mol. The first-order valence-corrected chi connectivity index (χ1v) is 13.2. The molecule has 8 bridgehead atoms. The van der Waals surface area contributed by atoms with Gasteiger partial charge in [0.1, 0.15) is 5.82 Å². The summed E-state index contributed by atoms with van der Waals surface area (Å²) in [6, 6.07) is 19.9. The van der Waals surface area contributed by atoms with E-state index in [2.05, 4.69) is 41.5 Å². The summed E-state index contributed by atoms with van der Waals surface area (Å²) in [4.78, 5) is 37.3. The Balaban J connectivity index is 1.38. The van der Waals surface area contributed by atoms with Crippen molar-refractivity contribution in [3.63, 3.8) is 0 Å². The normalized spacial score (nSPS) is 14.2. The predicted octanol–water partition coefficient (Wildman–Crippen LogP) is 5.30. The van der Waals surface area contributed by atoms with Crippen LogP contribution >= 0.6 is 0 Å². The van der Waals surface area contributed by atoms with Crippen LogP contribution in [-0.2, 0) is 25.9 Å². The lowest BCUT2D eigenvalue weighted by Crippen LogP contribution is -2.29. The van der Waals surface area contributed by atoms with Crippen molar-refractivity contribution in [3.05, 3.63) is 95.3 Å². The Morgan fingerprint density at radius 3 is 1.86 bits per heavy atom. The highest BCUT2D eigenvalue weighted by Crippen LogP contribution is 2.20. The zero-order chi connectivity index (χ0) is 30.2. The third kappa shape index (κ3) is 9.05. The van der Waals surface area contributed by atoms with E-state index in [9.17, 15) is 22.8 Å². The second kappa shape index (κ2) is 13.1. The summed E-state index contributed by atoms with van der Waals surface area (Å²) in [5.74, 6) is 0.276. The van der Waals surface area contributed by atoms with Crippen LogP contribution in [-0.4, -0.2) is 39.8 Å². The first-order chi connectivity index (χ1) is 20.7. The van der Waals surface area contributed by atoms with E-state index in [4.69, 9.17) is 4.74 Å². The lowest BCUT2D eigenvalue weighted by molar-refractivity contribution is -0.154. The molecule has 3 aliphatic heterocycles. The maximum absolute atomic E-state index is 12.8. The maximum atomic E-state index is 12.8. The fourth-order valence-electron chi connectivity index (χ4n) is 4.08. The molecule has 14 heteroatoms. The number of hydrogen-bond acceptors (Lipinski definition) is 7. The number of aromatic nitrogens is 3. The van der Waals surface area contributed by atoms with Gasteiger partial charge >= 0.3 is 24.2 Å². The first-order valence-electron chi connectivity index (χ1n) is 13.2. The highest BCUT2D eigenvalue weighted by Gasteiger charge is 2.29. The van der Waals surface area contributed by atoms with E-state index < -0.39 is 30.9 Å². The van der Waals surface area contributed by atoms with Gasteiger partial charge in [-0.2, -0.15) is 28.1 Å². The molecular weight excluding hydrogens is 565 g/mol. The lowest BCUT2D eigenvalue weighted by atomic mass is 10.1. The van der Waals surface area contributed by atoms with E-state index in [-0.39, 0.29) is 24.9 Å². The topological polar surface area (TPSA) is 142 Å². The minimum atomic E-state index is -4.56. The van der Waals surface area contributed by atoms with Crippen molar-refractivity contribution < 1.29 is 27.5 Å². The lowest BCUT2D eigenvalue weighted by Gasteiger charge is -2.12. The molecule has 4 heterocycles. The van der Waals surface area contributed by atoms with Crippen LogP contribution in [0.3, 0.4) is 0 Å². The van der Waals surface area contributed by atoms with Gasteiger partial charge in [0.2, 0.25) is 5.95 Å². The van der Waals surface area contributed by atoms with Crippen LogP contribution in [0, 0.1) is 0 Å². The number of halogens is 3. The summed E-state index contributed by atoms with van der Waals surface area (Å²) in [6.07, 6.45) is -3.74. The number of carbonyl (C=O) groups excluding carboxylic acids is 2. The van der Waals surface area contributed by atoms with E-state index in [1.165, 1.54) is 0 Å². The molecule has 7 rings (SSSR count). The highest BCUT2D eigenvalue weighted by atomic mass is 19.4. The van der Waals surface area contributed by atoms with Gasteiger partial charge in [-0.1, -0.05) is 42.5 Å². The van der Waals surface area contributed by atoms with E-state index in [1.807, 2.05) is 24.3 Å². The SMILES string of the molecule is O=C1NCc2ccc(cc2)CCc2nc(nc(OCC(F)(F)F)n2)Nc2ccc(cc2)CNC(=O)Nc2cccc(c2)N1. The van der Waals surface area contributed by atoms with Crippen LogP contribution in [0.2, 0.25) is 0 Å². The quantitative estimate of drug-likeness (QED) is 0.213. The predicted molar refractivity (Wildman–Crippen MR) is 153 cm³/mol. The van der Waals surface area contributed by atoms with Gasteiger partial charge in [-0.05, 0) is 53.4 Å². The number of alkyl halides is 3. The average Bonchev–Trinajstić information content (AvgIpc) is 2.97. The Kier molecular flexibility index (Phi) is 8.84. The zero-order valence-corrected chi connectivity index (χ0v) is 22.7. The van der Waals surface area contributed by atoms with E-state index >= 15 is 0 Å². The molecular formula is C29H27F3N8O3. The minimum Gasteiger partial charge on any atom is -0.454 e. The van der Waals surface area contributed by atoms with Gasteiger partial charge in [0.05, 0.1) is 0 Å². The second-order valence-electron chi connectivity index (χ2n) is 9.60. The van der Waals surface area contributed by atoms with Crippen molar-refractivity contribution >= 4 is 35.1 Å². The molecule has 3 aromatic carbocycles. The average molecular weight is 593 g/mol. The number of benzene rings is 3. The van der Waals surface area contributed by atoms with Gasteiger partial charge in [-0.3, -0.25) is 0 Å². The molecule has 4 amide bonds. The van der Waals surface area contributed by atoms with Crippen LogP contribution < -0.4 is 31.3 Å². The molecule has 222 valence electrons. The number of nitrogens with zero attached hydrogens (tertiary/aromatic N) is 3. The van der Waals surface area contributed by atoms with Crippen LogP contribution in [0.15, 0.2) is 72.8 Å². The molecule has 0 aliphatic carbocycles. The van der Waals surface area contributed by atoms with Gasteiger partial charge in [0.25, 0.3) is 0 Å². The smallest absolute Gasteiger partial charge is 0.422 e. The Morgan fingerprint density at radius 2 is 1.26 bits per heavy atom. The van der Waals surface area contributed by atoms with Gasteiger partial charge in [0, 0.05) is 36.6 Å². The fraction of sp³-hybridized carbons (Fsp3) is 0.207.